The quantitative estimate of drug-likeness (QED) is 0.257. The number of ether oxygens (including phenoxy) is 3. The van der Waals surface area contributed by atoms with Crippen LogP contribution >= 0.6 is 11.6 Å². The Balaban J connectivity index is 1.23. The highest BCUT2D eigenvalue weighted by Gasteiger charge is 2.49. The molecule has 1 aromatic heterocycles. The van der Waals surface area contributed by atoms with Gasteiger partial charge in [0.1, 0.15) is 36.6 Å². The van der Waals surface area contributed by atoms with E-state index >= 15 is 0 Å². The van der Waals surface area contributed by atoms with Crippen molar-refractivity contribution in [3.63, 3.8) is 0 Å². The summed E-state index contributed by atoms with van der Waals surface area (Å²) in [5.74, 6) is 1.16. The average Bonchev–Trinajstić information content (AvgIpc) is 3.51. The van der Waals surface area contributed by atoms with Crippen LogP contribution < -0.4 is 14.4 Å². The van der Waals surface area contributed by atoms with E-state index < -0.39 is 11.8 Å². The van der Waals surface area contributed by atoms with E-state index in [1.54, 1.807) is 17.0 Å². The molecule has 0 spiro atoms. The summed E-state index contributed by atoms with van der Waals surface area (Å²) in [7, 11) is 0. The Morgan fingerprint density at radius 1 is 1.12 bits per heavy atom. The van der Waals surface area contributed by atoms with Crippen molar-refractivity contribution in [1.29, 1.82) is 0 Å². The largest absolute Gasteiger partial charge is 0.508 e. The number of phenolic OH excluding ortho intramolecular Hbond substituents is 1. The number of fused-ring (bicyclic) bond motifs is 4. The second-order valence-electron chi connectivity index (χ2n) is 14.5. The van der Waals surface area contributed by atoms with Crippen molar-refractivity contribution in [2.24, 2.45) is 0 Å². The minimum Gasteiger partial charge on any atom is -0.508 e. The average molecular weight is 676 g/mol. The second kappa shape index (κ2) is 11.5. The third-order valence-corrected chi connectivity index (χ3v) is 10.4. The summed E-state index contributed by atoms with van der Waals surface area (Å²) in [6, 6.07) is 13.0. The highest BCUT2D eigenvalue weighted by atomic mass is 35.5. The van der Waals surface area contributed by atoms with Crippen LogP contribution in [0.15, 0.2) is 42.5 Å². The van der Waals surface area contributed by atoms with Gasteiger partial charge in [-0.25, -0.2) is 9.18 Å². The van der Waals surface area contributed by atoms with Crippen LogP contribution in [0.1, 0.15) is 40.0 Å². The molecular weight excluding hydrogens is 637 g/mol. The molecule has 48 heavy (non-hydrogen) atoms. The van der Waals surface area contributed by atoms with Crippen LogP contribution in [0.25, 0.3) is 32.8 Å². The molecule has 4 aromatic rings. The van der Waals surface area contributed by atoms with Crippen LogP contribution in [0.4, 0.5) is 15.0 Å². The van der Waals surface area contributed by atoms with Gasteiger partial charge >= 0.3 is 12.1 Å². The number of aromatic nitrogens is 2. The number of nitrogens with zero attached hydrogens (tertiary/aromatic N) is 5. The molecule has 8 rings (SSSR count). The van der Waals surface area contributed by atoms with E-state index in [-0.39, 0.29) is 42.6 Å². The fourth-order valence-corrected chi connectivity index (χ4v) is 8.22. The predicted octanol–water partition coefficient (Wildman–Crippen LogP) is 6.58. The van der Waals surface area contributed by atoms with E-state index in [9.17, 15) is 14.3 Å². The molecule has 1 N–H and O–H groups in total. The Hall–Kier alpha value is -4.09. The van der Waals surface area contributed by atoms with Gasteiger partial charge in [-0.2, -0.15) is 9.97 Å². The predicted molar refractivity (Wildman–Crippen MR) is 182 cm³/mol. The zero-order valence-electron chi connectivity index (χ0n) is 27.3. The van der Waals surface area contributed by atoms with Gasteiger partial charge in [-0.05, 0) is 74.7 Å². The van der Waals surface area contributed by atoms with Crippen molar-refractivity contribution in [3.05, 3.63) is 47.5 Å². The number of hydrogen-bond donors (Lipinski definition) is 1. The Kier molecular flexibility index (Phi) is 7.48. The first-order valence-corrected chi connectivity index (χ1v) is 17.0. The molecule has 4 aliphatic rings. The SMILES string of the molecule is CC(C)(C)OC(=O)N1CCN2c3nc(OC[C@@]45CCCN4C[C@H](F)C5)nc4cc(-c5cc(O)cc6ccccc56)c(Cl)c(c34)OC[C@H]2C1. The van der Waals surface area contributed by atoms with Gasteiger partial charge in [-0.1, -0.05) is 35.9 Å². The molecule has 10 nitrogen and oxygen atoms in total. The van der Waals surface area contributed by atoms with E-state index in [0.717, 1.165) is 35.7 Å². The number of phenols is 1. The number of alkyl halides is 1. The van der Waals surface area contributed by atoms with Gasteiger partial charge in [0.05, 0.1) is 27.5 Å². The molecule has 3 aromatic carbocycles. The molecule has 3 fully saturated rings. The summed E-state index contributed by atoms with van der Waals surface area (Å²) >= 11 is 7.23. The third-order valence-electron chi connectivity index (χ3n) is 10.0. The van der Waals surface area contributed by atoms with Gasteiger partial charge in [0.15, 0.2) is 5.75 Å². The van der Waals surface area contributed by atoms with Crippen molar-refractivity contribution in [3.8, 4) is 28.6 Å². The molecule has 0 aliphatic carbocycles. The highest BCUT2D eigenvalue weighted by molar-refractivity contribution is 6.37. The number of hydrogen-bond acceptors (Lipinski definition) is 9. The summed E-state index contributed by atoms with van der Waals surface area (Å²) in [4.78, 5) is 29.0. The lowest BCUT2D eigenvalue weighted by molar-refractivity contribution is 0.0202. The maximum absolute atomic E-state index is 14.6. The van der Waals surface area contributed by atoms with Crippen LogP contribution in [0.2, 0.25) is 5.02 Å². The number of halogens is 2. The summed E-state index contributed by atoms with van der Waals surface area (Å²) in [5, 5.41) is 13.5. The van der Waals surface area contributed by atoms with Gasteiger partial charge < -0.3 is 29.1 Å². The van der Waals surface area contributed by atoms with Crippen molar-refractivity contribution >= 4 is 45.2 Å². The summed E-state index contributed by atoms with van der Waals surface area (Å²) in [6.07, 6.45) is 1.05. The molecule has 252 valence electrons. The van der Waals surface area contributed by atoms with Crippen LogP contribution in [-0.2, 0) is 4.74 Å². The lowest BCUT2D eigenvalue weighted by Gasteiger charge is -2.41. The Labute approximate surface area is 283 Å². The van der Waals surface area contributed by atoms with Gasteiger partial charge in [0, 0.05) is 38.2 Å². The second-order valence-corrected chi connectivity index (χ2v) is 14.8. The van der Waals surface area contributed by atoms with E-state index in [0.29, 0.717) is 65.7 Å². The monoisotopic (exact) mass is 675 g/mol. The number of aromatic hydroxyl groups is 1. The Morgan fingerprint density at radius 3 is 2.79 bits per heavy atom. The molecule has 5 heterocycles. The smallest absolute Gasteiger partial charge is 0.410 e. The Bertz CT molecular complexity index is 1940. The summed E-state index contributed by atoms with van der Waals surface area (Å²) in [5.41, 5.74) is 0.966. The molecule has 3 atom stereocenters. The fraction of sp³-hybridized carbons (Fsp3) is 0.472. The van der Waals surface area contributed by atoms with E-state index in [2.05, 4.69) is 9.80 Å². The van der Waals surface area contributed by atoms with Crippen LogP contribution in [0.5, 0.6) is 17.5 Å². The number of piperazine rings is 1. The minimum atomic E-state index is -0.875. The lowest BCUT2D eigenvalue weighted by Crippen LogP contribution is -2.57. The molecule has 0 saturated carbocycles. The number of carbonyl (C=O) groups is 1. The number of carbonyl (C=O) groups excluding carboxylic acids is 1. The normalized spacial score (nSPS) is 23.9. The topological polar surface area (TPSA) is 100 Å². The zero-order chi connectivity index (χ0) is 33.4. The van der Waals surface area contributed by atoms with Crippen molar-refractivity contribution in [2.45, 2.75) is 63.4 Å². The standard InChI is InChI=1S/C36H39ClFN5O5/c1-35(2,3)48-34(45)41-11-12-43-23(18-41)19-46-31-29-28(15-27(30(31)37)26-14-24(44)13-21-7-4-5-8-25(21)26)39-33(40-32(29)43)47-20-36-9-6-10-42(36)17-22(38)16-36/h4-5,7-8,13-15,22-23,44H,6,9-12,16-20H2,1-3H3/t22-,23-,36+/m1/s1. The number of benzene rings is 3. The summed E-state index contributed by atoms with van der Waals surface area (Å²) in [6.45, 7) is 8.64. The van der Waals surface area contributed by atoms with Gasteiger partial charge in [-0.3, -0.25) is 4.90 Å². The number of anilines is 1. The van der Waals surface area contributed by atoms with Crippen molar-refractivity contribution in [2.75, 3.05) is 50.8 Å². The maximum Gasteiger partial charge on any atom is 0.410 e. The molecule has 12 heteroatoms. The van der Waals surface area contributed by atoms with Crippen LogP contribution in [-0.4, -0.2) is 100 Å². The lowest BCUT2D eigenvalue weighted by atomic mass is 9.95. The highest BCUT2D eigenvalue weighted by Crippen LogP contribution is 2.48. The van der Waals surface area contributed by atoms with E-state index in [1.165, 1.54) is 0 Å². The van der Waals surface area contributed by atoms with Crippen molar-refractivity contribution < 1.29 is 28.5 Å². The molecule has 4 aliphatic heterocycles. The molecule has 0 radical (unpaired) electrons. The van der Waals surface area contributed by atoms with Crippen LogP contribution in [0, 0.1) is 0 Å². The third kappa shape index (κ3) is 5.41. The Morgan fingerprint density at radius 2 is 1.96 bits per heavy atom. The van der Waals surface area contributed by atoms with Crippen molar-refractivity contribution in [1.82, 2.24) is 19.8 Å². The first-order valence-electron chi connectivity index (χ1n) is 16.6. The first kappa shape index (κ1) is 31.2. The molecule has 1 amide bonds. The minimum absolute atomic E-state index is 0.113. The van der Waals surface area contributed by atoms with Gasteiger partial charge in [-0.15, -0.1) is 0 Å². The zero-order valence-corrected chi connectivity index (χ0v) is 28.1. The van der Waals surface area contributed by atoms with Gasteiger partial charge in [0.2, 0.25) is 0 Å². The fourth-order valence-electron chi connectivity index (χ4n) is 7.92. The summed E-state index contributed by atoms with van der Waals surface area (Å²) < 4.78 is 33.2. The van der Waals surface area contributed by atoms with E-state index in [4.69, 9.17) is 35.8 Å². The molecular formula is C36H39ClFN5O5. The number of amides is 1. The first-order chi connectivity index (χ1) is 23.0. The van der Waals surface area contributed by atoms with Crippen LogP contribution in [0.3, 0.4) is 0 Å². The van der Waals surface area contributed by atoms with Gasteiger partial charge in [0.25, 0.3) is 0 Å². The molecule has 0 unspecified atom stereocenters. The molecule has 0 bridgehead atoms. The molecule has 3 saturated heterocycles. The number of rotatable bonds is 4. The van der Waals surface area contributed by atoms with E-state index in [1.807, 2.05) is 51.1 Å². The maximum atomic E-state index is 14.6.